The zero-order valence-corrected chi connectivity index (χ0v) is 19.6. The number of hydrogen-bond donors (Lipinski definition) is 3. The van der Waals surface area contributed by atoms with Crippen LogP contribution in [-0.2, 0) is 14.8 Å². The summed E-state index contributed by atoms with van der Waals surface area (Å²) in [5.41, 5.74) is -1.43. The Morgan fingerprint density at radius 1 is 1.06 bits per heavy atom. The quantitative estimate of drug-likeness (QED) is 0.492. The monoisotopic (exact) mass is 463 g/mol. The van der Waals surface area contributed by atoms with Gasteiger partial charge in [0.2, 0.25) is 0 Å². The Balaban J connectivity index is 2.09. The van der Waals surface area contributed by atoms with E-state index in [1.54, 1.807) is 34.6 Å². The molecule has 174 valence electrons. The third-order valence-corrected chi connectivity index (χ3v) is 5.95. The fraction of sp³-hybridized carbons (Fsp3) is 0.409. The predicted molar refractivity (Wildman–Crippen MR) is 120 cm³/mol. The van der Waals surface area contributed by atoms with Gasteiger partial charge >= 0.3 is 5.97 Å². The molecule has 0 unspecified atom stereocenters. The summed E-state index contributed by atoms with van der Waals surface area (Å²) in [6, 6.07) is 8.68. The number of sulfonamides is 1. The number of aliphatic carboxylic acids is 1. The molecular weight excluding hydrogens is 434 g/mol. The van der Waals surface area contributed by atoms with Gasteiger partial charge in [-0.1, -0.05) is 0 Å². The number of nitrogens with one attached hydrogen (secondary N) is 2. The van der Waals surface area contributed by atoms with Gasteiger partial charge in [-0.15, -0.1) is 0 Å². The van der Waals surface area contributed by atoms with Gasteiger partial charge in [0.05, 0.1) is 15.9 Å². The average molecular weight is 464 g/mol. The number of benzene rings is 1. The smallest absolute Gasteiger partial charge is 0.309 e. The van der Waals surface area contributed by atoms with E-state index in [-0.39, 0.29) is 23.0 Å². The molecule has 2 aromatic rings. The number of carboxylic acid groups (broad SMARTS) is 1. The molecule has 9 nitrogen and oxygen atoms in total. The number of carbonyl (C=O) groups excluding carboxylic acids is 1. The first-order valence-electron chi connectivity index (χ1n) is 10.1. The number of carbonyl (C=O) groups is 2. The Morgan fingerprint density at radius 2 is 1.69 bits per heavy atom. The van der Waals surface area contributed by atoms with Gasteiger partial charge in [0.15, 0.2) is 0 Å². The van der Waals surface area contributed by atoms with Gasteiger partial charge in [-0.3, -0.25) is 14.3 Å². The summed E-state index contributed by atoms with van der Waals surface area (Å²) < 4.78 is 33.6. The van der Waals surface area contributed by atoms with Crippen LogP contribution >= 0.6 is 0 Å². The molecule has 1 amide bonds. The highest BCUT2D eigenvalue weighted by Gasteiger charge is 2.36. The van der Waals surface area contributed by atoms with Crippen molar-refractivity contribution in [3.63, 3.8) is 0 Å². The molecule has 0 atom stereocenters. The van der Waals surface area contributed by atoms with Crippen molar-refractivity contribution in [2.24, 2.45) is 5.41 Å². The molecular formula is C22H29N3O6S. The fourth-order valence-electron chi connectivity index (χ4n) is 3.23. The van der Waals surface area contributed by atoms with Crippen LogP contribution in [0.15, 0.2) is 47.5 Å². The molecule has 0 aliphatic heterocycles. The number of carboxylic acids is 1. The minimum Gasteiger partial charge on any atom is -0.488 e. The number of rotatable bonds is 10. The molecule has 0 aliphatic carbocycles. The molecule has 10 heteroatoms. The third-order valence-electron chi connectivity index (χ3n) is 4.58. The number of hydrogen-bond acceptors (Lipinski definition) is 6. The lowest BCUT2D eigenvalue weighted by atomic mass is 9.82. The van der Waals surface area contributed by atoms with Gasteiger partial charge in [-0.05, 0) is 71.0 Å². The highest BCUT2D eigenvalue weighted by atomic mass is 32.2. The van der Waals surface area contributed by atoms with E-state index in [4.69, 9.17) is 4.74 Å². The van der Waals surface area contributed by atoms with Crippen molar-refractivity contribution in [1.29, 1.82) is 0 Å². The van der Waals surface area contributed by atoms with E-state index in [2.05, 4.69) is 15.0 Å². The number of amides is 1. The van der Waals surface area contributed by atoms with Crippen LogP contribution in [0.4, 0.5) is 5.82 Å². The maximum atomic E-state index is 12.6. The van der Waals surface area contributed by atoms with Crippen LogP contribution in [0.5, 0.6) is 5.75 Å². The van der Waals surface area contributed by atoms with Crippen LogP contribution in [0.2, 0.25) is 0 Å². The lowest BCUT2D eigenvalue weighted by molar-refractivity contribution is -0.149. The van der Waals surface area contributed by atoms with E-state index >= 15 is 0 Å². The minimum absolute atomic E-state index is 0.00289. The van der Waals surface area contributed by atoms with Crippen molar-refractivity contribution in [2.75, 3.05) is 11.3 Å². The van der Waals surface area contributed by atoms with Gasteiger partial charge in [-0.2, -0.15) is 0 Å². The molecule has 0 saturated heterocycles. The number of anilines is 1. The zero-order valence-electron chi connectivity index (χ0n) is 18.8. The fourth-order valence-corrected chi connectivity index (χ4v) is 4.24. The van der Waals surface area contributed by atoms with Crippen molar-refractivity contribution < 1.29 is 27.9 Å². The summed E-state index contributed by atoms with van der Waals surface area (Å²) in [4.78, 5) is 27.1. The second-order valence-corrected chi connectivity index (χ2v) is 10.3. The maximum Gasteiger partial charge on any atom is 0.309 e. The van der Waals surface area contributed by atoms with Crippen molar-refractivity contribution >= 4 is 27.7 Å². The molecule has 0 bridgehead atoms. The number of pyridine rings is 1. The second kappa shape index (κ2) is 9.56. The summed E-state index contributed by atoms with van der Waals surface area (Å²) in [5, 5.41) is 12.0. The molecule has 1 aromatic heterocycles. The first-order valence-corrected chi connectivity index (χ1v) is 11.5. The van der Waals surface area contributed by atoms with Crippen LogP contribution in [-0.4, -0.2) is 42.5 Å². The Bertz CT molecular complexity index is 1060. The van der Waals surface area contributed by atoms with E-state index in [0.717, 1.165) is 0 Å². The lowest BCUT2D eigenvalue weighted by Crippen LogP contribution is -2.38. The first-order chi connectivity index (χ1) is 14.8. The number of nitrogens with zero attached hydrogens (tertiary/aromatic N) is 1. The summed E-state index contributed by atoms with van der Waals surface area (Å²) >= 11 is 0. The maximum absolute atomic E-state index is 12.6. The number of ether oxygens (including phenoxy) is 1. The van der Waals surface area contributed by atoms with E-state index in [1.165, 1.54) is 42.6 Å². The Kier molecular flexibility index (Phi) is 7.50. The average Bonchev–Trinajstić information content (AvgIpc) is 2.67. The van der Waals surface area contributed by atoms with Gasteiger partial charge in [0.25, 0.3) is 15.9 Å². The molecule has 0 fully saturated rings. The third kappa shape index (κ3) is 6.68. The van der Waals surface area contributed by atoms with Crippen LogP contribution in [0, 0.1) is 5.41 Å². The van der Waals surface area contributed by atoms with Crippen LogP contribution < -0.4 is 14.8 Å². The molecule has 0 radical (unpaired) electrons. The SMILES string of the molecule is CCNC(=O)c1ccc(NS(=O)(=O)c2ccc(OC(C)(C)CC(C)(C)C(=O)O)cc2)nc1. The Morgan fingerprint density at radius 3 is 2.19 bits per heavy atom. The standard InChI is InChI=1S/C22H29N3O6S/c1-6-23-19(26)15-7-12-18(24-13-15)25-32(29,30)17-10-8-16(9-11-17)31-22(4,5)14-21(2,3)20(27)28/h7-13H,6,14H2,1-5H3,(H,23,26)(H,24,25)(H,27,28). The van der Waals surface area contributed by atoms with Crippen molar-refractivity contribution in [3.8, 4) is 5.75 Å². The lowest BCUT2D eigenvalue weighted by Gasteiger charge is -2.32. The van der Waals surface area contributed by atoms with E-state index in [1.807, 2.05) is 0 Å². The molecule has 2 rings (SSSR count). The Labute approximate surface area is 188 Å². The molecule has 0 spiro atoms. The Hall–Kier alpha value is -3.14. The topological polar surface area (TPSA) is 135 Å². The van der Waals surface area contributed by atoms with Gasteiger partial charge in [0.1, 0.15) is 17.2 Å². The molecule has 32 heavy (non-hydrogen) atoms. The van der Waals surface area contributed by atoms with Crippen molar-refractivity contribution in [1.82, 2.24) is 10.3 Å². The minimum atomic E-state index is -3.90. The molecule has 1 aromatic carbocycles. The summed E-state index contributed by atoms with van der Waals surface area (Å²) in [7, 11) is -3.90. The van der Waals surface area contributed by atoms with Crippen LogP contribution in [0.25, 0.3) is 0 Å². The van der Waals surface area contributed by atoms with Crippen molar-refractivity contribution in [2.45, 2.75) is 51.5 Å². The van der Waals surface area contributed by atoms with Gasteiger partial charge in [0, 0.05) is 19.2 Å². The van der Waals surface area contributed by atoms with E-state index in [0.29, 0.717) is 17.9 Å². The van der Waals surface area contributed by atoms with Crippen LogP contribution in [0.1, 0.15) is 51.4 Å². The van der Waals surface area contributed by atoms with E-state index in [9.17, 15) is 23.1 Å². The summed E-state index contributed by atoms with van der Waals surface area (Å²) in [6.45, 7) is 9.07. The molecule has 0 saturated carbocycles. The molecule has 0 aliphatic rings. The van der Waals surface area contributed by atoms with E-state index < -0.39 is 27.0 Å². The predicted octanol–water partition coefficient (Wildman–Crippen LogP) is 3.29. The first kappa shape index (κ1) is 25.1. The highest BCUT2D eigenvalue weighted by Crippen LogP contribution is 2.32. The largest absolute Gasteiger partial charge is 0.488 e. The number of aromatic nitrogens is 1. The summed E-state index contributed by atoms with van der Waals surface area (Å²) in [5.74, 6) is -0.719. The van der Waals surface area contributed by atoms with Gasteiger partial charge < -0.3 is 15.2 Å². The second-order valence-electron chi connectivity index (χ2n) is 8.60. The molecule has 3 N–H and O–H groups in total. The highest BCUT2D eigenvalue weighted by molar-refractivity contribution is 7.92. The zero-order chi connectivity index (χ0) is 24.2. The normalized spacial score (nSPS) is 12.2. The van der Waals surface area contributed by atoms with Crippen molar-refractivity contribution in [3.05, 3.63) is 48.2 Å². The van der Waals surface area contributed by atoms with Gasteiger partial charge in [-0.25, -0.2) is 13.4 Å². The summed E-state index contributed by atoms with van der Waals surface area (Å²) in [6.07, 6.45) is 1.55. The van der Waals surface area contributed by atoms with Crippen LogP contribution in [0.3, 0.4) is 0 Å². The molecule has 1 heterocycles.